The average molecular weight is 866 g/mol. The number of carbonyl (C=O) groups is 3. The van der Waals surface area contributed by atoms with Crippen LogP contribution in [0.5, 0.6) is 11.5 Å². The quantitative estimate of drug-likeness (QED) is 0.0565. The van der Waals surface area contributed by atoms with Crippen LogP contribution in [0.1, 0.15) is 50.5 Å². The number of rotatable bonds is 17. The number of para-hydroxylation sites is 1. The summed E-state index contributed by atoms with van der Waals surface area (Å²) >= 11 is 5.62. The summed E-state index contributed by atoms with van der Waals surface area (Å²) in [4.78, 5) is 46.5. The lowest BCUT2D eigenvalue weighted by Gasteiger charge is -2.40. The molecule has 2 amide bonds. The van der Waals surface area contributed by atoms with Gasteiger partial charge in [0.15, 0.2) is 14.6 Å². The standard InChI is InChI=1S/C43H59N7O8S2/c1-47-25-27-48(2)34(30-49(28-26-47)31-40(51)52)29-32-13-15-33(16-14-32)45-39(59)12-8-4-7-11-38(44)41(53)50-23-21-43(22-24-50,42(54)46-55)60(56,57)37-19-17-36(18-20-37)58-35-9-5-3-6-10-35/h3,5-6,9-10,13-20,34,38,55H,4,7-8,11-12,21-31,44H2,1-2H3,(H,45,59)(H,46,54)(H,51,52)/t34?,38-/m0/s1. The minimum Gasteiger partial charge on any atom is -0.480 e. The molecule has 60 heavy (non-hydrogen) atoms. The van der Waals surface area contributed by atoms with Crippen LogP contribution in [-0.2, 0) is 30.6 Å². The fourth-order valence-electron chi connectivity index (χ4n) is 7.77. The molecule has 0 saturated carbocycles. The molecule has 2 heterocycles. The number of aliphatic carboxylic acids is 1. The van der Waals surface area contributed by atoms with Gasteiger partial charge in [0.1, 0.15) is 11.5 Å². The summed E-state index contributed by atoms with van der Waals surface area (Å²) in [5.41, 5.74) is 9.93. The maximum atomic E-state index is 13.9. The highest BCUT2D eigenvalue weighted by atomic mass is 32.2. The molecule has 2 aliphatic rings. The summed E-state index contributed by atoms with van der Waals surface area (Å²) in [7, 11) is -0.120. The van der Waals surface area contributed by atoms with Gasteiger partial charge in [0.2, 0.25) is 5.91 Å². The lowest BCUT2D eigenvalue weighted by Crippen LogP contribution is -2.59. The van der Waals surface area contributed by atoms with Crippen molar-refractivity contribution in [2.24, 2.45) is 5.73 Å². The van der Waals surface area contributed by atoms with Crippen LogP contribution in [0.25, 0.3) is 0 Å². The molecule has 2 saturated heterocycles. The lowest BCUT2D eigenvalue weighted by atomic mass is 9.94. The smallest absolute Gasteiger partial charge is 0.317 e. The van der Waals surface area contributed by atoms with E-state index in [1.54, 1.807) is 17.6 Å². The maximum absolute atomic E-state index is 13.9. The number of sulfone groups is 1. The van der Waals surface area contributed by atoms with E-state index >= 15 is 0 Å². The van der Waals surface area contributed by atoms with Crippen molar-refractivity contribution in [2.75, 3.05) is 71.8 Å². The number of nitrogens with zero attached hydrogens (tertiary/aromatic N) is 4. The van der Waals surface area contributed by atoms with Gasteiger partial charge in [0.05, 0.1) is 22.5 Å². The molecule has 6 N–H and O–H groups in total. The molecule has 3 aromatic carbocycles. The van der Waals surface area contributed by atoms with Crippen molar-refractivity contribution < 1.29 is 37.9 Å². The Morgan fingerprint density at radius 3 is 2.18 bits per heavy atom. The molecule has 0 spiro atoms. The van der Waals surface area contributed by atoms with Gasteiger partial charge in [-0.3, -0.25) is 24.5 Å². The van der Waals surface area contributed by atoms with E-state index in [-0.39, 0.29) is 49.3 Å². The molecular weight excluding hydrogens is 807 g/mol. The Kier molecular flexibility index (Phi) is 17.0. The second kappa shape index (κ2) is 21.9. The number of nitrogens with one attached hydrogen (secondary N) is 2. The molecule has 2 aliphatic heterocycles. The van der Waals surface area contributed by atoms with Crippen molar-refractivity contribution in [2.45, 2.75) is 73.1 Å². The Bertz CT molecular complexity index is 2000. The van der Waals surface area contributed by atoms with Crippen LogP contribution in [0.4, 0.5) is 5.69 Å². The van der Waals surface area contributed by atoms with Crippen LogP contribution in [0.3, 0.4) is 0 Å². The van der Waals surface area contributed by atoms with Gasteiger partial charge >= 0.3 is 5.97 Å². The number of likely N-dealkylation sites (tertiary alicyclic amines) is 1. The topological polar surface area (TPSA) is 198 Å². The number of hydrogen-bond acceptors (Lipinski definition) is 12. The van der Waals surface area contributed by atoms with Gasteiger partial charge in [-0.15, -0.1) is 0 Å². The van der Waals surface area contributed by atoms with Crippen LogP contribution in [0, 0.1) is 0 Å². The summed E-state index contributed by atoms with van der Waals surface area (Å²) in [5.74, 6) is -1.17. The number of benzene rings is 3. The number of hydroxylamine groups is 1. The molecule has 15 nitrogen and oxygen atoms in total. The minimum atomic E-state index is -4.29. The molecule has 0 radical (unpaired) electrons. The Morgan fingerprint density at radius 1 is 0.883 bits per heavy atom. The zero-order chi connectivity index (χ0) is 43.3. The van der Waals surface area contributed by atoms with Crippen molar-refractivity contribution >= 4 is 50.5 Å². The third-order valence-electron chi connectivity index (χ3n) is 11.6. The van der Waals surface area contributed by atoms with Gasteiger partial charge < -0.3 is 35.6 Å². The number of thiocarbonyl (C=S) groups is 1. The second-order valence-electron chi connectivity index (χ2n) is 15.9. The number of amides is 2. The normalized spacial score (nSPS) is 18.7. The molecule has 5 rings (SSSR count). The zero-order valence-electron chi connectivity index (χ0n) is 34.5. The van der Waals surface area contributed by atoms with Crippen LogP contribution < -0.4 is 21.3 Å². The monoisotopic (exact) mass is 865 g/mol. The molecule has 0 aromatic heterocycles. The lowest BCUT2D eigenvalue weighted by molar-refractivity contribution is -0.138. The Balaban J connectivity index is 1.04. The van der Waals surface area contributed by atoms with E-state index in [4.69, 9.17) is 22.7 Å². The van der Waals surface area contributed by atoms with Gasteiger partial charge in [-0.2, -0.15) is 0 Å². The third kappa shape index (κ3) is 12.5. The molecule has 17 heteroatoms. The molecule has 0 aliphatic carbocycles. The van der Waals surface area contributed by atoms with Gasteiger partial charge in [-0.05, 0) is 107 Å². The molecule has 0 bridgehead atoms. The van der Waals surface area contributed by atoms with Crippen LogP contribution in [-0.4, -0.2) is 144 Å². The van der Waals surface area contributed by atoms with E-state index in [1.165, 1.54) is 29.2 Å². The van der Waals surface area contributed by atoms with E-state index in [0.717, 1.165) is 50.1 Å². The summed E-state index contributed by atoms with van der Waals surface area (Å²) in [5, 5.41) is 22.4. The molecular formula is C43H59N7O8S2. The molecule has 326 valence electrons. The summed E-state index contributed by atoms with van der Waals surface area (Å²) < 4.78 is 31.7. The van der Waals surface area contributed by atoms with Gasteiger partial charge in [-0.25, -0.2) is 13.9 Å². The van der Waals surface area contributed by atoms with Gasteiger partial charge in [-0.1, -0.05) is 55.4 Å². The van der Waals surface area contributed by atoms with Gasteiger partial charge in [0, 0.05) is 57.5 Å². The van der Waals surface area contributed by atoms with Crippen LogP contribution in [0.15, 0.2) is 83.8 Å². The minimum absolute atomic E-state index is 0.0177. The van der Waals surface area contributed by atoms with Crippen LogP contribution >= 0.6 is 12.2 Å². The number of anilines is 1. The Hall–Kier alpha value is -4.49. The number of unbranched alkanes of at least 4 members (excludes halogenated alkanes) is 2. The SMILES string of the molecule is CN1CCN(CC(=O)O)CC(Cc2ccc(NC(=S)CCCCC[C@H](N)C(=O)N3CCC(C(=O)NO)(S(=O)(=O)c4ccc(Oc5ccccc5)cc4)CC3)cc2)N(C)CC1. The van der Waals surface area contributed by atoms with Gasteiger partial charge in [0.25, 0.3) is 5.91 Å². The first kappa shape index (κ1) is 46.6. The first-order valence-corrected chi connectivity index (χ1v) is 22.4. The molecule has 2 fully saturated rings. The van der Waals surface area contributed by atoms with E-state index in [0.29, 0.717) is 48.8 Å². The van der Waals surface area contributed by atoms with Crippen molar-refractivity contribution in [3.8, 4) is 11.5 Å². The Morgan fingerprint density at radius 2 is 1.53 bits per heavy atom. The van der Waals surface area contributed by atoms with Crippen LogP contribution in [0.2, 0.25) is 0 Å². The van der Waals surface area contributed by atoms with Crippen molar-refractivity contribution in [1.29, 1.82) is 0 Å². The number of carboxylic acid groups (broad SMARTS) is 1. The summed E-state index contributed by atoms with van der Waals surface area (Å²) in [6.45, 7) is 4.05. The third-order valence-corrected chi connectivity index (χ3v) is 14.4. The highest BCUT2D eigenvalue weighted by Crippen LogP contribution is 2.37. The van der Waals surface area contributed by atoms with Crippen molar-refractivity contribution in [3.63, 3.8) is 0 Å². The second-order valence-corrected chi connectivity index (χ2v) is 18.6. The highest BCUT2D eigenvalue weighted by Gasteiger charge is 2.53. The van der Waals surface area contributed by atoms with E-state index in [9.17, 15) is 33.1 Å². The first-order chi connectivity index (χ1) is 28.7. The van der Waals surface area contributed by atoms with E-state index < -0.39 is 32.5 Å². The molecule has 1 unspecified atom stereocenters. The average Bonchev–Trinajstić information content (AvgIpc) is 3.30. The number of ether oxygens (including phenoxy) is 1. The highest BCUT2D eigenvalue weighted by molar-refractivity contribution is 7.93. The summed E-state index contributed by atoms with van der Waals surface area (Å²) in [6.07, 6.45) is 3.80. The van der Waals surface area contributed by atoms with E-state index in [1.807, 2.05) is 35.2 Å². The fourth-order valence-corrected chi connectivity index (χ4v) is 9.99. The number of carbonyl (C=O) groups excluding carboxylic acids is 2. The van der Waals surface area contributed by atoms with Crippen molar-refractivity contribution in [3.05, 3.63) is 84.4 Å². The number of hydrogen-bond donors (Lipinski definition) is 5. The molecule has 3 aromatic rings. The number of piperidine rings is 1. The predicted octanol–water partition coefficient (Wildman–Crippen LogP) is 4.01. The maximum Gasteiger partial charge on any atom is 0.317 e. The first-order valence-electron chi connectivity index (χ1n) is 20.5. The number of nitrogens with two attached hydrogens (primary N) is 1. The number of likely N-dealkylation sites (N-methyl/N-ethyl adjacent to an activating group) is 2. The predicted molar refractivity (Wildman–Crippen MR) is 234 cm³/mol. The Labute approximate surface area is 358 Å². The summed E-state index contributed by atoms with van der Waals surface area (Å²) in [6, 6.07) is 22.4. The molecule has 2 atom stereocenters. The van der Waals surface area contributed by atoms with E-state index in [2.05, 4.69) is 41.3 Å². The zero-order valence-corrected chi connectivity index (χ0v) is 36.1. The largest absolute Gasteiger partial charge is 0.480 e. The fraction of sp³-hybridized carbons (Fsp3) is 0.488. The van der Waals surface area contributed by atoms with Crippen molar-refractivity contribution in [1.82, 2.24) is 25.1 Å². The number of carboxylic acids is 1.